The van der Waals surface area contributed by atoms with Crippen LogP contribution in [0.2, 0.25) is 15.1 Å². The minimum atomic E-state index is -3.97. The Labute approximate surface area is 559 Å². The maximum Gasteiger partial charge on any atom is 0.490 e. The van der Waals surface area contributed by atoms with E-state index in [1.165, 1.54) is 30.9 Å². The first-order valence-corrected chi connectivity index (χ1v) is 34.4. The predicted octanol–water partition coefficient (Wildman–Crippen LogP) is 16.2. The molecule has 0 saturated carbocycles. The Morgan fingerprint density at radius 1 is 0.548 bits per heavy atom. The molecule has 93 heavy (non-hydrogen) atoms. The third-order valence-electron chi connectivity index (χ3n) is 13.9. The van der Waals surface area contributed by atoms with E-state index in [-0.39, 0.29) is 76.5 Å². The average Bonchev–Trinajstić information content (AvgIpc) is 1.75. The molecule has 17 nitrogen and oxygen atoms in total. The van der Waals surface area contributed by atoms with Crippen molar-refractivity contribution in [3.8, 4) is 0 Å². The van der Waals surface area contributed by atoms with Gasteiger partial charge in [-0.2, -0.15) is 13.2 Å². The smallest absolute Gasteiger partial charge is 0.490 e. The molecule has 0 bridgehead atoms. The molecule has 502 valence electrons. The molecule has 0 unspecified atom stereocenters. The molecule has 1 aliphatic heterocycles. The normalized spacial score (nSPS) is 13.7. The van der Waals surface area contributed by atoms with Crippen LogP contribution >= 0.6 is 50.7 Å². The van der Waals surface area contributed by atoms with Crippen LogP contribution in [0.3, 0.4) is 0 Å². The Hall–Kier alpha value is -6.47. The van der Waals surface area contributed by atoms with Crippen molar-refractivity contribution in [3.63, 3.8) is 0 Å². The second-order valence-electron chi connectivity index (χ2n) is 20.8. The Bertz CT molecular complexity index is 4510. The third kappa shape index (κ3) is 19.6. The highest BCUT2D eigenvalue weighted by Gasteiger charge is 2.50. The van der Waals surface area contributed by atoms with E-state index in [1.54, 1.807) is 80.7 Å². The molecule has 0 amide bonds. The van der Waals surface area contributed by atoms with E-state index in [0.717, 1.165) is 18.2 Å². The highest BCUT2D eigenvalue weighted by Crippen LogP contribution is 2.37. The topological polar surface area (TPSA) is 235 Å². The van der Waals surface area contributed by atoms with Crippen molar-refractivity contribution in [1.82, 2.24) is 29.9 Å². The van der Waals surface area contributed by atoms with Crippen LogP contribution in [-0.2, 0) is 76.7 Å². The Morgan fingerprint density at radius 3 is 1.35 bits per heavy atom. The van der Waals surface area contributed by atoms with E-state index >= 15 is 0 Å². The van der Waals surface area contributed by atoms with Crippen LogP contribution in [-0.4, -0.2) is 99.9 Å². The van der Waals surface area contributed by atoms with Gasteiger partial charge in [0.05, 0.1) is 79.8 Å². The van der Waals surface area contributed by atoms with E-state index in [9.17, 15) is 51.6 Å². The van der Waals surface area contributed by atoms with Crippen LogP contribution in [0.15, 0.2) is 129 Å². The van der Waals surface area contributed by atoms with E-state index in [1.807, 2.05) is 34.6 Å². The Balaban J connectivity index is 0.000000228. The van der Waals surface area contributed by atoms with Gasteiger partial charge in [0.15, 0.2) is 29.5 Å². The summed E-state index contributed by atoms with van der Waals surface area (Å²) >= 11 is 20.4. The summed E-state index contributed by atoms with van der Waals surface area (Å²) in [7, 11) is -12.1. The van der Waals surface area contributed by atoms with Crippen LogP contribution in [0.1, 0.15) is 91.5 Å². The van der Waals surface area contributed by atoms with E-state index < -0.39 is 99.1 Å². The third-order valence-corrected chi connectivity index (χ3v) is 20.1. The molecule has 3 aromatic carbocycles. The summed E-state index contributed by atoms with van der Waals surface area (Å²) in [6, 6.07) is 16.8. The summed E-state index contributed by atoms with van der Waals surface area (Å²) in [5.41, 5.74) is -0.472. The van der Waals surface area contributed by atoms with Crippen molar-refractivity contribution < 1.29 is 75.1 Å². The minimum Gasteiger partial charge on any atom is -0.502 e. The van der Waals surface area contributed by atoms with Crippen molar-refractivity contribution in [1.29, 1.82) is 0 Å². The molecule has 9 aromatic rings. The lowest BCUT2D eigenvalue weighted by Gasteiger charge is -2.32. The van der Waals surface area contributed by atoms with Crippen molar-refractivity contribution in [3.05, 3.63) is 193 Å². The van der Waals surface area contributed by atoms with Gasteiger partial charge in [-0.05, 0) is 131 Å². The predicted molar refractivity (Wildman–Crippen MR) is 354 cm³/mol. The van der Waals surface area contributed by atoms with Crippen LogP contribution < -0.4 is 0 Å². The van der Waals surface area contributed by atoms with E-state index in [2.05, 4.69) is 45.8 Å². The standard InChI is InChI=1S/C18H17ClF2N2O3S.C18H15ClF2N2O3S.C14H8BrClF2N2O2S.C10H19BO3.2CH4/c2*1-2-26-6-5-11-7-14(20)16(23-18(11)21)10-27(24,25)17-9-22-15-8-12(19)3-4-13(15)17;15-9-4-10(17)12(20-14(9)18)6-23(21,22)13-5-19-11-3-7(16)1-2-8(11)13;1-6-12-8-7-11-13-9(2,3)10(4,5)14-11;;/h3-4,7-9,22H,2,5-6,10H2,1H3;3-9,22H,2,10H2,1H3;1-5,19H,6H2;7-8H,6H2,1-5H3;2*1H4/b;6-5+;;8-7+;;. The van der Waals surface area contributed by atoms with Gasteiger partial charge in [-0.3, -0.25) is 0 Å². The number of pyridine rings is 3. The van der Waals surface area contributed by atoms with Crippen molar-refractivity contribution in [2.24, 2.45) is 0 Å². The molecule has 7 heterocycles. The number of nitrogens with one attached hydrogen (secondary N) is 3. The number of hydrogen-bond donors (Lipinski definition) is 3. The lowest BCUT2D eigenvalue weighted by Crippen LogP contribution is -2.41. The number of fused-ring (bicyclic) bond motifs is 3. The van der Waals surface area contributed by atoms with Crippen LogP contribution in [0.4, 0.5) is 26.3 Å². The van der Waals surface area contributed by atoms with Gasteiger partial charge in [0.2, 0.25) is 17.8 Å². The van der Waals surface area contributed by atoms with Gasteiger partial charge in [0.1, 0.15) is 34.7 Å². The van der Waals surface area contributed by atoms with E-state index in [0.29, 0.717) is 67.6 Å². The maximum atomic E-state index is 14.3. The highest BCUT2D eigenvalue weighted by molar-refractivity contribution is 9.10. The molecule has 0 aliphatic carbocycles. The molecule has 1 saturated heterocycles. The van der Waals surface area contributed by atoms with Gasteiger partial charge < -0.3 is 38.5 Å². The Kier molecular flexibility index (Phi) is 27.2. The van der Waals surface area contributed by atoms with Gasteiger partial charge in [-0.25, -0.2) is 53.4 Å². The summed E-state index contributed by atoms with van der Waals surface area (Å²) in [5.74, 6) is -6.02. The average molecular weight is 1480 g/mol. The molecule has 0 spiro atoms. The van der Waals surface area contributed by atoms with Crippen molar-refractivity contribution in [2.45, 2.75) is 113 Å². The lowest BCUT2D eigenvalue weighted by atomic mass is 9.90. The molecule has 10 rings (SSSR count). The minimum absolute atomic E-state index is 0. The molecule has 0 atom stereocenters. The second kappa shape index (κ2) is 32.8. The molecule has 0 radical (unpaired) electrons. The SMILES string of the molecule is C.C.CCO/C=C/B1OC(C)(C)C(C)(C)O1.CCO/C=C/c1cc(F)c(CS(=O)(=O)c2c[nH]c3cc(Cl)ccc23)nc1F.CCOCCc1cc(F)c(CS(=O)(=O)c2c[nH]c3cc(Cl)ccc23)nc1F.O=S(=O)(Cc1nc(F)c(Br)cc1F)c1c[nH]c2cc(Cl)ccc12. The quantitative estimate of drug-likeness (QED) is 0.0225. The number of rotatable bonds is 19. The van der Waals surface area contributed by atoms with Gasteiger partial charge in [0, 0.05) is 90.5 Å². The number of halogens is 10. The molecule has 31 heteroatoms. The Morgan fingerprint density at radius 2 is 0.935 bits per heavy atom. The molecule has 6 aromatic heterocycles. The van der Waals surface area contributed by atoms with Gasteiger partial charge in [-0.15, -0.1) is 0 Å². The first-order valence-electron chi connectivity index (χ1n) is 27.5. The zero-order chi connectivity index (χ0) is 66.8. The van der Waals surface area contributed by atoms with Crippen LogP contribution in [0, 0.1) is 35.3 Å². The number of hydrogen-bond acceptors (Lipinski definition) is 14. The monoisotopic (exact) mass is 1480 g/mol. The van der Waals surface area contributed by atoms with Gasteiger partial charge in [-0.1, -0.05) is 67.9 Å². The number of nitrogens with zero attached hydrogens (tertiary/aromatic N) is 3. The number of aromatic nitrogens is 6. The fourth-order valence-corrected chi connectivity index (χ4v) is 13.8. The van der Waals surface area contributed by atoms with Crippen molar-refractivity contribution in [2.75, 3.05) is 26.4 Å². The van der Waals surface area contributed by atoms with Crippen LogP contribution in [0.25, 0.3) is 38.8 Å². The number of H-pyrrole nitrogens is 3. The lowest BCUT2D eigenvalue weighted by molar-refractivity contribution is 0.00578. The summed E-state index contributed by atoms with van der Waals surface area (Å²) in [6.07, 6.45) is 8.11. The second-order valence-corrected chi connectivity index (χ2v) is 28.8. The van der Waals surface area contributed by atoms with Crippen LogP contribution in [0.5, 0.6) is 0 Å². The fraction of sp³-hybridized carbons (Fsp3) is 0.306. The molecular weight excluding hydrogens is 1410 g/mol. The summed E-state index contributed by atoms with van der Waals surface area (Å²) in [6.45, 7) is 15.3. The number of benzene rings is 3. The zero-order valence-corrected chi connectivity index (χ0v) is 55.8. The number of ether oxygens (including phenoxy) is 3. The first kappa shape index (κ1) is 77.2. The zero-order valence-electron chi connectivity index (χ0n) is 49.5. The number of sulfone groups is 3. The van der Waals surface area contributed by atoms with Crippen molar-refractivity contribution >= 4 is 126 Å². The first-order chi connectivity index (χ1) is 42.8. The van der Waals surface area contributed by atoms with Gasteiger partial charge >= 0.3 is 7.12 Å². The molecule has 1 aliphatic rings. The largest absolute Gasteiger partial charge is 0.502 e. The number of aromatic amines is 3. The van der Waals surface area contributed by atoms with Gasteiger partial charge in [0.25, 0.3) is 0 Å². The molecule has 1 fully saturated rings. The fourth-order valence-electron chi connectivity index (χ4n) is 8.62. The molecular formula is C62H67BBrCl3F6N6O11S3. The summed E-state index contributed by atoms with van der Waals surface area (Å²) < 4.78 is 186. The summed E-state index contributed by atoms with van der Waals surface area (Å²) in [4.78, 5) is 18.7. The molecule has 3 N–H and O–H groups in total. The summed E-state index contributed by atoms with van der Waals surface area (Å²) in [5, 5.41) is 2.60. The highest BCUT2D eigenvalue weighted by atomic mass is 79.9. The van der Waals surface area contributed by atoms with E-state index in [4.69, 9.17) is 58.3 Å². The maximum absolute atomic E-state index is 14.3.